The van der Waals surface area contributed by atoms with E-state index in [1.54, 1.807) is 18.6 Å². The fourth-order valence-electron chi connectivity index (χ4n) is 3.78. The summed E-state index contributed by atoms with van der Waals surface area (Å²) in [6, 6.07) is 13.0. The van der Waals surface area contributed by atoms with Crippen molar-refractivity contribution in [1.29, 1.82) is 0 Å². The highest BCUT2D eigenvalue weighted by atomic mass is 19.1. The highest BCUT2D eigenvalue weighted by Crippen LogP contribution is 2.36. The van der Waals surface area contributed by atoms with Crippen LogP contribution in [0.25, 0.3) is 44.3 Å². The van der Waals surface area contributed by atoms with Gasteiger partial charge in [0.25, 0.3) is 5.97 Å². The number of nitrogens with zero attached hydrogens (tertiary/aromatic N) is 3. The SMILES string of the molecule is CC(=O)O.O=C(O)CCc1ccc(-c2c(F)cnc3[nH]c4cnc(-c5cccnc5)cc4c23)cc1. The molecule has 0 unspecified atom stereocenters. The Morgan fingerprint density at radius 3 is 2.40 bits per heavy atom. The number of carboxylic acids is 2. The van der Waals surface area contributed by atoms with Crippen molar-refractivity contribution in [1.82, 2.24) is 19.9 Å². The first-order valence-corrected chi connectivity index (χ1v) is 10.7. The number of aromatic amines is 1. The average Bonchev–Trinajstić information content (AvgIpc) is 3.21. The first-order chi connectivity index (χ1) is 16.8. The van der Waals surface area contributed by atoms with Gasteiger partial charge in [-0.25, -0.2) is 9.37 Å². The van der Waals surface area contributed by atoms with Crippen LogP contribution in [0.2, 0.25) is 0 Å². The van der Waals surface area contributed by atoms with Crippen LogP contribution in [0.1, 0.15) is 18.9 Å². The van der Waals surface area contributed by atoms with E-state index in [4.69, 9.17) is 15.0 Å². The standard InChI is InChI=1S/C24H17FN4O2.C2H4O2/c25-18-12-28-24-23(22(18)15-6-3-14(4-7-15)5-8-21(30)31)17-10-19(27-13-20(17)29-24)16-2-1-9-26-11-16;1-2(3)4/h1-4,6-7,9-13H,5,8H2,(H,28,29)(H,30,31);1H3,(H,3,4). The number of nitrogens with one attached hydrogen (secondary N) is 1. The predicted octanol–water partition coefficient (Wildman–Crippen LogP) is 5.09. The third kappa shape index (κ3) is 5.30. The summed E-state index contributed by atoms with van der Waals surface area (Å²) >= 11 is 0. The lowest BCUT2D eigenvalue weighted by atomic mass is 9.98. The smallest absolute Gasteiger partial charge is 0.303 e. The van der Waals surface area contributed by atoms with Gasteiger partial charge in [-0.15, -0.1) is 0 Å². The van der Waals surface area contributed by atoms with E-state index in [0.29, 0.717) is 28.6 Å². The third-order valence-corrected chi connectivity index (χ3v) is 5.29. The van der Waals surface area contributed by atoms with Gasteiger partial charge in [-0.3, -0.25) is 19.6 Å². The second kappa shape index (κ2) is 10.1. The van der Waals surface area contributed by atoms with E-state index in [1.165, 1.54) is 6.20 Å². The van der Waals surface area contributed by atoms with E-state index >= 15 is 4.39 Å². The molecule has 0 spiro atoms. The third-order valence-electron chi connectivity index (χ3n) is 5.29. The minimum Gasteiger partial charge on any atom is -0.481 e. The molecular formula is C26H21FN4O4. The Morgan fingerprint density at radius 2 is 1.74 bits per heavy atom. The van der Waals surface area contributed by atoms with Crippen LogP contribution in [0.4, 0.5) is 4.39 Å². The number of halogens is 1. The number of hydrogen-bond donors (Lipinski definition) is 3. The largest absolute Gasteiger partial charge is 0.481 e. The quantitative estimate of drug-likeness (QED) is 0.325. The van der Waals surface area contributed by atoms with E-state index in [2.05, 4.69) is 19.9 Å². The summed E-state index contributed by atoms with van der Waals surface area (Å²) in [4.78, 5) is 35.9. The molecule has 0 aliphatic rings. The topological polar surface area (TPSA) is 129 Å². The van der Waals surface area contributed by atoms with Gasteiger partial charge in [0.2, 0.25) is 0 Å². The second-order valence-electron chi connectivity index (χ2n) is 7.80. The van der Waals surface area contributed by atoms with E-state index in [9.17, 15) is 4.79 Å². The number of aliphatic carboxylic acids is 2. The Labute approximate surface area is 199 Å². The van der Waals surface area contributed by atoms with Gasteiger partial charge in [0, 0.05) is 47.6 Å². The van der Waals surface area contributed by atoms with Gasteiger partial charge in [-0.2, -0.15) is 0 Å². The van der Waals surface area contributed by atoms with Crippen molar-refractivity contribution in [3.8, 4) is 22.4 Å². The lowest BCUT2D eigenvalue weighted by Crippen LogP contribution is -1.97. The molecule has 9 heteroatoms. The van der Waals surface area contributed by atoms with Crippen LogP contribution in [-0.2, 0) is 16.0 Å². The van der Waals surface area contributed by atoms with Crippen molar-refractivity contribution in [2.24, 2.45) is 0 Å². The molecule has 0 aliphatic carbocycles. The summed E-state index contributed by atoms with van der Waals surface area (Å²) in [6.45, 7) is 1.08. The van der Waals surface area contributed by atoms with Crippen molar-refractivity contribution < 1.29 is 24.2 Å². The molecule has 5 rings (SSSR count). The monoisotopic (exact) mass is 472 g/mol. The lowest BCUT2D eigenvalue weighted by molar-refractivity contribution is -0.137. The van der Waals surface area contributed by atoms with Crippen LogP contribution >= 0.6 is 0 Å². The molecular weight excluding hydrogens is 451 g/mol. The molecule has 5 aromatic rings. The van der Waals surface area contributed by atoms with Crippen LogP contribution in [0.15, 0.2) is 67.3 Å². The fraction of sp³-hybridized carbons (Fsp3) is 0.115. The second-order valence-corrected chi connectivity index (χ2v) is 7.80. The maximum Gasteiger partial charge on any atom is 0.303 e. The summed E-state index contributed by atoms with van der Waals surface area (Å²) in [5.41, 5.74) is 4.98. The number of H-pyrrole nitrogens is 1. The first kappa shape index (κ1) is 23.5. The minimum atomic E-state index is -0.845. The number of rotatable bonds is 5. The van der Waals surface area contributed by atoms with Crippen LogP contribution in [-0.4, -0.2) is 42.1 Å². The van der Waals surface area contributed by atoms with E-state index in [-0.39, 0.29) is 6.42 Å². The van der Waals surface area contributed by atoms with Crippen molar-refractivity contribution in [2.45, 2.75) is 19.8 Å². The zero-order chi connectivity index (χ0) is 24.9. The van der Waals surface area contributed by atoms with Crippen molar-refractivity contribution in [2.75, 3.05) is 0 Å². The van der Waals surface area contributed by atoms with Crippen molar-refractivity contribution in [3.63, 3.8) is 0 Å². The first-order valence-electron chi connectivity index (χ1n) is 10.7. The summed E-state index contributed by atoms with van der Waals surface area (Å²) in [5, 5.41) is 17.8. The average molecular weight is 472 g/mol. The molecule has 0 bridgehead atoms. The highest BCUT2D eigenvalue weighted by Gasteiger charge is 2.17. The van der Waals surface area contributed by atoms with Gasteiger partial charge in [-0.1, -0.05) is 24.3 Å². The van der Waals surface area contributed by atoms with Gasteiger partial charge in [0.05, 0.1) is 23.6 Å². The van der Waals surface area contributed by atoms with E-state index in [0.717, 1.165) is 34.6 Å². The molecule has 0 fully saturated rings. The zero-order valence-electron chi connectivity index (χ0n) is 18.7. The maximum atomic E-state index is 15.0. The molecule has 0 amide bonds. The van der Waals surface area contributed by atoms with Gasteiger partial charge >= 0.3 is 5.97 Å². The molecule has 4 heterocycles. The van der Waals surface area contributed by atoms with Crippen molar-refractivity contribution >= 4 is 33.9 Å². The Hall–Kier alpha value is -4.66. The van der Waals surface area contributed by atoms with Crippen molar-refractivity contribution in [3.05, 3.63) is 78.6 Å². The highest BCUT2D eigenvalue weighted by molar-refractivity contribution is 6.13. The molecule has 0 saturated carbocycles. The number of carbonyl (C=O) groups is 2. The maximum absolute atomic E-state index is 15.0. The normalized spacial score (nSPS) is 10.7. The van der Waals surface area contributed by atoms with Gasteiger partial charge < -0.3 is 15.2 Å². The van der Waals surface area contributed by atoms with Crippen LogP contribution in [0.3, 0.4) is 0 Å². The molecule has 35 heavy (non-hydrogen) atoms. The number of fused-ring (bicyclic) bond motifs is 3. The molecule has 0 atom stereocenters. The molecule has 8 nitrogen and oxygen atoms in total. The van der Waals surface area contributed by atoms with Crippen LogP contribution < -0.4 is 0 Å². The lowest BCUT2D eigenvalue weighted by Gasteiger charge is -2.08. The molecule has 4 aromatic heterocycles. The fourth-order valence-corrected chi connectivity index (χ4v) is 3.78. The molecule has 176 valence electrons. The molecule has 0 saturated heterocycles. The Bertz CT molecular complexity index is 1510. The molecule has 0 aliphatic heterocycles. The Balaban J connectivity index is 0.000000672. The summed E-state index contributed by atoms with van der Waals surface area (Å²) in [6.07, 6.45) is 6.84. The van der Waals surface area contributed by atoms with E-state index in [1.807, 2.05) is 42.5 Å². The Kier molecular flexibility index (Phi) is 6.77. The number of pyridine rings is 3. The molecule has 0 radical (unpaired) electrons. The summed E-state index contributed by atoms with van der Waals surface area (Å²) in [5.74, 6) is -2.10. The number of carboxylic acid groups (broad SMARTS) is 2. The van der Waals surface area contributed by atoms with E-state index < -0.39 is 17.8 Å². The van der Waals surface area contributed by atoms with Gasteiger partial charge in [0.15, 0.2) is 0 Å². The van der Waals surface area contributed by atoms with Crippen LogP contribution in [0.5, 0.6) is 0 Å². The number of aromatic nitrogens is 4. The van der Waals surface area contributed by atoms with Crippen LogP contribution in [0, 0.1) is 5.82 Å². The zero-order valence-corrected chi connectivity index (χ0v) is 18.7. The summed E-state index contributed by atoms with van der Waals surface area (Å²) < 4.78 is 15.0. The Morgan fingerprint density at radius 1 is 1.00 bits per heavy atom. The van der Waals surface area contributed by atoms with Gasteiger partial charge in [-0.05, 0) is 35.7 Å². The molecule has 1 aromatic carbocycles. The predicted molar refractivity (Wildman–Crippen MR) is 129 cm³/mol. The number of hydrogen-bond acceptors (Lipinski definition) is 5. The number of benzene rings is 1. The molecule has 3 N–H and O–H groups in total. The minimum absolute atomic E-state index is 0.0553. The summed E-state index contributed by atoms with van der Waals surface area (Å²) in [7, 11) is 0. The van der Waals surface area contributed by atoms with Gasteiger partial charge in [0.1, 0.15) is 11.5 Å². The number of aryl methyl sites for hydroxylation is 1.